The topological polar surface area (TPSA) is 89.4 Å². The Bertz CT molecular complexity index is 1130. The van der Waals surface area contributed by atoms with Crippen LogP contribution in [0.15, 0.2) is 36.4 Å². The van der Waals surface area contributed by atoms with Crippen LogP contribution in [0.3, 0.4) is 0 Å². The van der Waals surface area contributed by atoms with Crippen LogP contribution in [0.25, 0.3) is 0 Å². The van der Waals surface area contributed by atoms with Gasteiger partial charge < -0.3 is 28.6 Å². The molecule has 2 rings (SSSR count). The molecule has 14 heteroatoms. The van der Waals surface area contributed by atoms with Crippen LogP contribution in [-0.4, -0.2) is 46.9 Å². The zero-order chi connectivity index (χ0) is 34.4. The molecule has 2 atom stereocenters. The molecule has 2 unspecified atom stereocenters. The molecule has 7 nitrogen and oxygen atoms in total. The maximum atomic E-state index is 13.8. The third kappa shape index (κ3) is 20.4. The molecule has 0 saturated carbocycles. The number of hydrogen-bond donors (Lipinski definition) is 3. The summed E-state index contributed by atoms with van der Waals surface area (Å²) in [4.78, 5) is 0. The van der Waals surface area contributed by atoms with Crippen LogP contribution in [0.2, 0.25) is 10.0 Å². The molecule has 0 spiro atoms. The molecular formula is C32H49Cl2F3NO6PY. The molecule has 0 fully saturated rings. The monoisotopic (exact) mass is 790 g/mol. The molecule has 3 N–H and O–H groups in total. The minimum atomic E-state index is -4.59. The van der Waals surface area contributed by atoms with Crippen molar-refractivity contribution in [2.45, 2.75) is 117 Å². The van der Waals surface area contributed by atoms with E-state index >= 15 is 0 Å². The first-order chi connectivity index (χ1) is 20.7. The molecule has 2 aromatic rings. The van der Waals surface area contributed by atoms with Gasteiger partial charge in [0, 0.05) is 32.7 Å². The minimum Gasteiger partial charge on any atom is -0.493 e. The summed E-state index contributed by atoms with van der Waals surface area (Å²) in [6, 6.07) is 8.70. The fraction of sp³-hybridized carbons (Fsp3) is 0.625. The van der Waals surface area contributed by atoms with Gasteiger partial charge in [0.2, 0.25) is 0 Å². The van der Waals surface area contributed by atoms with Gasteiger partial charge in [-0.05, 0) is 116 Å². The number of alkyl halides is 3. The summed E-state index contributed by atoms with van der Waals surface area (Å²) in [7, 11) is -1.72. The van der Waals surface area contributed by atoms with E-state index in [0.717, 1.165) is 18.1 Å². The van der Waals surface area contributed by atoms with E-state index in [4.69, 9.17) is 46.6 Å². The first-order valence-corrected chi connectivity index (χ1v) is 16.7. The number of aliphatic hydroxyl groups excluding tert-OH is 1. The van der Waals surface area contributed by atoms with E-state index in [9.17, 15) is 18.4 Å². The number of nitrogens with one attached hydrogen (secondary N) is 1. The van der Waals surface area contributed by atoms with Crippen molar-refractivity contribution in [2.24, 2.45) is 0 Å². The average molecular weight is 792 g/mol. The molecular weight excluding hydrogens is 742 g/mol. The number of aryl methyl sites for hydroxylation is 2. The summed E-state index contributed by atoms with van der Waals surface area (Å²) < 4.78 is 64.5. The van der Waals surface area contributed by atoms with Gasteiger partial charge in [-0.1, -0.05) is 42.3 Å². The number of ether oxygens (including phenoxy) is 1. The van der Waals surface area contributed by atoms with E-state index in [-0.39, 0.29) is 64.2 Å². The second-order valence-corrected chi connectivity index (χ2v) is 14.5. The van der Waals surface area contributed by atoms with Crippen molar-refractivity contribution in [1.29, 1.82) is 0 Å². The van der Waals surface area contributed by atoms with Crippen molar-refractivity contribution < 1.29 is 74.5 Å². The Morgan fingerprint density at radius 3 is 1.91 bits per heavy atom. The van der Waals surface area contributed by atoms with E-state index < -0.39 is 37.6 Å². The maximum Gasteiger partial charge on any atom is 0.419 e. The van der Waals surface area contributed by atoms with Crippen LogP contribution in [0, 0.1) is 0 Å². The number of benzene rings is 2. The van der Waals surface area contributed by atoms with E-state index in [2.05, 4.69) is 5.48 Å². The fourth-order valence-electron chi connectivity index (χ4n) is 3.43. The molecule has 0 amide bonds. The van der Waals surface area contributed by atoms with Crippen molar-refractivity contribution in [2.75, 3.05) is 13.2 Å². The molecule has 0 aliphatic carbocycles. The first kappa shape index (κ1) is 45.9. The van der Waals surface area contributed by atoms with Crippen molar-refractivity contribution in [3.8, 4) is 5.75 Å². The van der Waals surface area contributed by atoms with Crippen molar-refractivity contribution in [3.63, 3.8) is 0 Å². The molecule has 46 heavy (non-hydrogen) atoms. The number of rotatable bonds is 15. The molecule has 0 aromatic heterocycles. The van der Waals surface area contributed by atoms with Gasteiger partial charge in [0.25, 0.3) is 0 Å². The van der Waals surface area contributed by atoms with Gasteiger partial charge in [-0.25, -0.2) is 5.48 Å². The van der Waals surface area contributed by atoms with Gasteiger partial charge in [0.05, 0.1) is 52.2 Å². The Labute approximate surface area is 309 Å². The summed E-state index contributed by atoms with van der Waals surface area (Å²) in [6.45, 7) is 15.1. The van der Waals surface area contributed by atoms with E-state index in [1.165, 1.54) is 6.07 Å². The standard InChI is InChI=1S/C28H39Cl2F3NO5P.C4H10O.Y/c1-26(2,3)38-40(39-27(4,5)6)37-18-21(34-35)12-9-20-11-14-25(22(16-20)28(31,32)33)36-15-7-8-19-10-13-23(29)24(30)17-19;1-3-4(2)5;/h10-11,13-14,16-17,21,34-35H,7-9,12,15,18H2,1-6H3;4-5H,3H2,1-2H3;. The number of hydroxylamine groups is 1. The predicted molar refractivity (Wildman–Crippen MR) is 175 cm³/mol. The minimum absolute atomic E-state index is 0. The normalized spacial score (nSPS) is 13.5. The Morgan fingerprint density at radius 1 is 0.891 bits per heavy atom. The SMILES string of the molecule is CC(C)(C)OP(OCC(CCc1ccc(OCCCc2ccc(Cl)c(Cl)c2)c(C(F)(F)F)c1)NO)OC(C)(C)C.CCC(C)O.[Y]. The van der Waals surface area contributed by atoms with Crippen LogP contribution < -0.4 is 10.2 Å². The van der Waals surface area contributed by atoms with Crippen molar-refractivity contribution >= 4 is 31.8 Å². The van der Waals surface area contributed by atoms with Crippen LogP contribution in [0.1, 0.15) is 91.3 Å². The quantitative estimate of drug-likeness (QED) is 0.0941. The molecule has 2 aromatic carbocycles. The summed E-state index contributed by atoms with van der Waals surface area (Å²) in [5.41, 5.74) is 1.68. The van der Waals surface area contributed by atoms with E-state index in [0.29, 0.717) is 34.9 Å². The molecule has 0 aliphatic rings. The summed E-state index contributed by atoms with van der Waals surface area (Å²) in [6.07, 6.45) is -2.18. The number of halogens is 5. The third-order valence-electron chi connectivity index (χ3n) is 5.83. The van der Waals surface area contributed by atoms with E-state index in [1.54, 1.807) is 25.1 Å². The van der Waals surface area contributed by atoms with Gasteiger partial charge in [-0.15, -0.1) is 0 Å². The van der Waals surface area contributed by atoms with Crippen LogP contribution in [0.5, 0.6) is 5.75 Å². The third-order valence-corrected chi connectivity index (χ3v) is 8.33. The second-order valence-electron chi connectivity index (χ2n) is 12.6. The molecule has 0 saturated heterocycles. The summed E-state index contributed by atoms with van der Waals surface area (Å²) >= 11 is 11.9. The summed E-state index contributed by atoms with van der Waals surface area (Å²) in [5.74, 6) is -0.227. The van der Waals surface area contributed by atoms with Gasteiger partial charge in [-0.2, -0.15) is 13.2 Å². The molecule has 1 radical (unpaired) electrons. The van der Waals surface area contributed by atoms with Crippen molar-refractivity contribution in [3.05, 3.63) is 63.1 Å². The zero-order valence-electron chi connectivity index (χ0n) is 28.0. The number of hydrogen-bond acceptors (Lipinski definition) is 7. The van der Waals surface area contributed by atoms with Crippen molar-refractivity contribution in [1.82, 2.24) is 5.48 Å². The largest absolute Gasteiger partial charge is 0.493 e. The van der Waals surface area contributed by atoms with Gasteiger partial charge >= 0.3 is 14.8 Å². The van der Waals surface area contributed by atoms with Gasteiger partial charge in [0.1, 0.15) is 5.75 Å². The van der Waals surface area contributed by atoms with E-state index in [1.807, 2.05) is 54.5 Å². The Balaban J connectivity index is 0.00000312. The maximum absolute atomic E-state index is 13.8. The second kappa shape index (κ2) is 21.9. The molecule has 0 bridgehead atoms. The summed E-state index contributed by atoms with van der Waals surface area (Å²) in [5, 5.41) is 18.9. The zero-order valence-corrected chi connectivity index (χ0v) is 33.3. The van der Waals surface area contributed by atoms with Crippen LogP contribution in [0.4, 0.5) is 13.2 Å². The average Bonchev–Trinajstić information content (AvgIpc) is 2.91. The van der Waals surface area contributed by atoms with Gasteiger partial charge in [0.15, 0.2) is 0 Å². The fourth-order valence-corrected chi connectivity index (χ4v) is 5.09. The van der Waals surface area contributed by atoms with Crippen LogP contribution >= 0.6 is 31.8 Å². The Kier molecular flexibility index (Phi) is 21.8. The molecule has 0 heterocycles. The first-order valence-electron chi connectivity index (χ1n) is 14.9. The predicted octanol–water partition coefficient (Wildman–Crippen LogP) is 9.95. The van der Waals surface area contributed by atoms with Crippen LogP contribution in [-0.2, 0) is 65.3 Å². The van der Waals surface area contributed by atoms with Gasteiger partial charge in [-0.3, -0.25) is 0 Å². The number of aliphatic hydroxyl groups is 1. The molecule has 261 valence electrons. The Hall–Kier alpha value is -0.0961. The smallest absolute Gasteiger partial charge is 0.419 e. The molecule has 0 aliphatic heterocycles. The Morgan fingerprint density at radius 2 is 1.43 bits per heavy atom.